The van der Waals surface area contributed by atoms with Gasteiger partial charge in [0.1, 0.15) is 11.8 Å². The summed E-state index contributed by atoms with van der Waals surface area (Å²) in [6.07, 6.45) is 1.54. The lowest BCUT2D eigenvalue weighted by atomic mass is 10.2. The Morgan fingerprint density at radius 2 is 1.91 bits per heavy atom. The van der Waals surface area contributed by atoms with E-state index in [0.29, 0.717) is 5.75 Å². The molecule has 0 aliphatic heterocycles. The normalized spacial score (nSPS) is 10.0. The molecular formula is C17H16N4O2. The highest BCUT2D eigenvalue weighted by atomic mass is 16.5. The quantitative estimate of drug-likeness (QED) is 0.606. The van der Waals surface area contributed by atoms with Crippen molar-refractivity contribution < 1.29 is 9.53 Å². The summed E-state index contributed by atoms with van der Waals surface area (Å²) < 4.78 is 5.14. The second-order valence-corrected chi connectivity index (χ2v) is 4.53. The van der Waals surface area contributed by atoms with Crippen molar-refractivity contribution in [2.45, 2.75) is 0 Å². The zero-order valence-corrected chi connectivity index (χ0v) is 12.4. The fraction of sp³-hybridized carbons (Fsp3) is 0.118. The number of amides is 1. The largest absolute Gasteiger partial charge is 0.479 e. The number of carbonyl (C=O) groups is 1. The second kappa shape index (κ2) is 8.85. The van der Waals surface area contributed by atoms with Gasteiger partial charge in [0, 0.05) is 5.69 Å². The average molecular weight is 308 g/mol. The molecule has 0 bridgehead atoms. The highest BCUT2D eigenvalue weighted by molar-refractivity contribution is 5.84. The van der Waals surface area contributed by atoms with E-state index in [1.54, 1.807) is 24.3 Å². The molecule has 0 atom stereocenters. The molecule has 0 unspecified atom stereocenters. The van der Waals surface area contributed by atoms with Crippen molar-refractivity contribution in [1.82, 2.24) is 5.43 Å². The summed E-state index contributed by atoms with van der Waals surface area (Å²) in [7, 11) is 0. The zero-order valence-electron chi connectivity index (χ0n) is 12.4. The van der Waals surface area contributed by atoms with Crippen molar-refractivity contribution in [3.63, 3.8) is 0 Å². The van der Waals surface area contributed by atoms with Crippen molar-refractivity contribution in [2.75, 3.05) is 18.5 Å². The molecule has 0 aliphatic rings. The van der Waals surface area contributed by atoms with E-state index < -0.39 is 0 Å². The van der Waals surface area contributed by atoms with Crippen molar-refractivity contribution in [2.24, 2.45) is 5.10 Å². The first kappa shape index (κ1) is 16.0. The molecule has 23 heavy (non-hydrogen) atoms. The van der Waals surface area contributed by atoms with Crippen molar-refractivity contribution in [3.05, 3.63) is 60.2 Å². The minimum absolute atomic E-state index is 0.0118. The predicted octanol–water partition coefficient (Wildman–Crippen LogP) is 2.15. The van der Waals surface area contributed by atoms with E-state index in [9.17, 15) is 4.79 Å². The van der Waals surface area contributed by atoms with Crippen LogP contribution in [0.3, 0.4) is 0 Å². The van der Waals surface area contributed by atoms with Gasteiger partial charge < -0.3 is 10.1 Å². The van der Waals surface area contributed by atoms with Crippen LogP contribution in [0.1, 0.15) is 5.56 Å². The van der Waals surface area contributed by atoms with Crippen LogP contribution in [0.4, 0.5) is 5.69 Å². The van der Waals surface area contributed by atoms with Gasteiger partial charge >= 0.3 is 0 Å². The van der Waals surface area contributed by atoms with Crippen LogP contribution in [-0.2, 0) is 4.79 Å². The number of benzene rings is 2. The molecule has 0 aliphatic carbocycles. The topological polar surface area (TPSA) is 86.5 Å². The van der Waals surface area contributed by atoms with Crippen LogP contribution in [0.15, 0.2) is 59.7 Å². The molecule has 2 rings (SSSR count). The van der Waals surface area contributed by atoms with Gasteiger partial charge in [-0.25, -0.2) is 5.43 Å². The van der Waals surface area contributed by atoms with E-state index in [2.05, 4.69) is 15.8 Å². The van der Waals surface area contributed by atoms with Gasteiger partial charge in [-0.05, 0) is 42.0 Å². The van der Waals surface area contributed by atoms with Crippen LogP contribution < -0.4 is 15.5 Å². The Kier molecular flexibility index (Phi) is 6.17. The number of rotatable bonds is 7. The summed E-state index contributed by atoms with van der Waals surface area (Å²) in [5.41, 5.74) is 4.13. The SMILES string of the molecule is N#CCOc1ccc(/C=N\NC(=O)CNc2ccccc2)cc1. The molecule has 2 N–H and O–H groups in total. The molecule has 0 saturated carbocycles. The Bertz CT molecular complexity index is 691. The number of nitrogens with zero attached hydrogens (tertiary/aromatic N) is 2. The number of hydrazone groups is 1. The molecule has 0 fully saturated rings. The van der Waals surface area contributed by atoms with Gasteiger partial charge in [0.2, 0.25) is 0 Å². The molecule has 1 amide bonds. The summed E-state index contributed by atoms with van der Waals surface area (Å²) in [6.45, 7) is 0.153. The third-order valence-corrected chi connectivity index (χ3v) is 2.81. The number of hydrogen-bond donors (Lipinski definition) is 2. The highest BCUT2D eigenvalue weighted by Crippen LogP contribution is 2.10. The van der Waals surface area contributed by atoms with Gasteiger partial charge in [-0.15, -0.1) is 0 Å². The standard InChI is InChI=1S/C17H16N4O2/c18-10-11-23-16-8-6-14(7-9-16)12-20-21-17(22)13-19-15-4-2-1-3-5-15/h1-9,12,19H,11,13H2,(H,21,22)/b20-12-. The van der Waals surface area contributed by atoms with Gasteiger partial charge in [0.25, 0.3) is 5.91 Å². The van der Waals surface area contributed by atoms with Gasteiger partial charge in [-0.3, -0.25) is 4.79 Å². The number of carbonyl (C=O) groups excluding carboxylic acids is 1. The Labute approximate surface area is 134 Å². The van der Waals surface area contributed by atoms with Crippen LogP contribution in [0.5, 0.6) is 5.75 Å². The Morgan fingerprint density at radius 3 is 2.61 bits per heavy atom. The van der Waals surface area contributed by atoms with Crippen LogP contribution in [0, 0.1) is 11.3 Å². The number of nitrogens with one attached hydrogen (secondary N) is 2. The second-order valence-electron chi connectivity index (χ2n) is 4.53. The van der Waals surface area contributed by atoms with Gasteiger partial charge in [-0.2, -0.15) is 10.4 Å². The Morgan fingerprint density at radius 1 is 1.17 bits per heavy atom. The molecule has 0 aromatic heterocycles. The van der Waals surface area contributed by atoms with Crippen molar-refractivity contribution in [1.29, 1.82) is 5.26 Å². The maximum Gasteiger partial charge on any atom is 0.259 e. The Balaban J connectivity index is 1.75. The first-order valence-corrected chi connectivity index (χ1v) is 6.98. The minimum Gasteiger partial charge on any atom is -0.479 e. The monoisotopic (exact) mass is 308 g/mol. The summed E-state index contributed by atoms with van der Waals surface area (Å²) in [5, 5.41) is 15.3. The molecule has 6 heteroatoms. The fourth-order valence-corrected chi connectivity index (χ4v) is 1.72. The molecule has 0 spiro atoms. The fourth-order valence-electron chi connectivity index (χ4n) is 1.72. The smallest absolute Gasteiger partial charge is 0.259 e. The van der Waals surface area contributed by atoms with E-state index in [1.165, 1.54) is 6.21 Å². The predicted molar refractivity (Wildman–Crippen MR) is 88.2 cm³/mol. The number of ether oxygens (including phenoxy) is 1. The average Bonchev–Trinajstić information content (AvgIpc) is 2.60. The number of hydrogen-bond acceptors (Lipinski definition) is 5. The molecule has 116 valence electrons. The van der Waals surface area contributed by atoms with Crippen LogP contribution in [0.2, 0.25) is 0 Å². The third-order valence-electron chi connectivity index (χ3n) is 2.81. The lowest BCUT2D eigenvalue weighted by Crippen LogP contribution is -2.25. The van der Waals surface area contributed by atoms with Crippen LogP contribution in [-0.4, -0.2) is 25.3 Å². The molecule has 0 saturated heterocycles. The minimum atomic E-state index is -0.237. The summed E-state index contributed by atoms with van der Waals surface area (Å²) in [6, 6.07) is 18.4. The maximum absolute atomic E-state index is 11.6. The maximum atomic E-state index is 11.6. The molecule has 2 aromatic carbocycles. The summed E-state index contributed by atoms with van der Waals surface area (Å²) in [5.74, 6) is 0.374. The molecule has 6 nitrogen and oxygen atoms in total. The van der Waals surface area contributed by atoms with Crippen molar-refractivity contribution >= 4 is 17.8 Å². The van der Waals surface area contributed by atoms with Gasteiger partial charge in [0.05, 0.1) is 12.8 Å². The van der Waals surface area contributed by atoms with Crippen LogP contribution >= 0.6 is 0 Å². The van der Waals surface area contributed by atoms with E-state index in [1.807, 2.05) is 36.4 Å². The third kappa shape index (κ3) is 5.89. The zero-order chi connectivity index (χ0) is 16.3. The number of para-hydroxylation sites is 1. The van der Waals surface area contributed by atoms with Gasteiger partial charge in [-0.1, -0.05) is 18.2 Å². The van der Waals surface area contributed by atoms with E-state index in [0.717, 1.165) is 11.3 Å². The van der Waals surface area contributed by atoms with E-state index in [-0.39, 0.29) is 19.1 Å². The van der Waals surface area contributed by atoms with Crippen molar-refractivity contribution in [3.8, 4) is 11.8 Å². The Hall–Kier alpha value is -3.33. The molecule has 0 heterocycles. The molecular weight excluding hydrogens is 292 g/mol. The number of anilines is 1. The van der Waals surface area contributed by atoms with E-state index >= 15 is 0 Å². The first-order chi connectivity index (χ1) is 11.3. The molecule has 0 radical (unpaired) electrons. The summed E-state index contributed by atoms with van der Waals surface area (Å²) in [4.78, 5) is 11.6. The molecule has 2 aromatic rings. The lowest BCUT2D eigenvalue weighted by molar-refractivity contribution is -0.119. The van der Waals surface area contributed by atoms with Crippen LogP contribution in [0.25, 0.3) is 0 Å². The highest BCUT2D eigenvalue weighted by Gasteiger charge is 1.98. The summed E-state index contributed by atoms with van der Waals surface area (Å²) >= 11 is 0. The van der Waals surface area contributed by atoms with Gasteiger partial charge in [0.15, 0.2) is 6.61 Å². The lowest BCUT2D eigenvalue weighted by Gasteiger charge is -2.04. The number of nitriles is 1. The van der Waals surface area contributed by atoms with E-state index in [4.69, 9.17) is 10.00 Å². The first-order valence-electron chi connectivity index (χ1n) is 6.98.